The van der Waals surface area contributed by atoms with E-state index in [-0.39, 0.29) is 12.4 Å². The van der Waals surface area contributed by atoms with E-state index in [1.165, 1.54) is 6.07 Å². The highest BCUT2D eigenvalue weighted by atomic mass is 19.1. The molecule has 0 bridgehead atoms. The van der Waals surface area contributed by atoms with E-state index in [4.69, 9.17) is 15.2 Å². The van der Waals surface area contributed by atoms with Crippen molar-refractivity contribution in [1.82, 2.24) is 0 Å². The third-order valence-corrected chi connectivity index (χ3v) is 2.78. The maximum Gasteiger partial charge on any atom is 0.129 e. The van der Waals surface area contributed by atoms with E-state index in [1.807, 2.05) is 12.1 Å². The minimum absolute atomic E-state index is 0.160. The van der Waals surface area contributed by atoms with E-state index in [9.17, 15) is 4.39 Å². The van der Waals surface area contributed by atoms with Crippen LogP contribution in [-0.4, -0.2) is 7.11 Å². The molecule has 0 heterocycles. The molecule has 0 saturated heterocycles. The maximum absolute atomic E-state index is 13.6. The predicted molar refractivity (Wildman–Crippen MR) is 71.6 cm³/mol. The lowest BCUT2D eigenvalue weighted by Gasteiger charge is -2.09. The molecule has 2 N–H and O–H groups in total. The van der Waals surface area contributed by atoms with Crippen LogP contribution in [0.25, 0.3) is 0 Å². The molecular formula is C15H16FNO2. The fraction of sp³-hybridized carbons (Fsp3) is 0.200. The highest BCUT2D eigenvalue weighted by Crippen LogP contribution is 2.20. The predicted octanol–water partition coefficient (Wildman–Crippen LogP) is 2.87. The Morgan fingerprint density at radius 3 is 2.63 bits per heavy atom. The molecule has 0 aromatic heterocycles. The molecule has 100 valence electrons. The number of halogens is 1. The number of benzene rings is 2. The molecule has 0 aliphatic heterocycles. The molecule has 19 heavy (non-hydrogen) atoms. The lowest BCUT2D eigenvalue weighted by molar-refractivity contribution is 0.297. The Kier molecular flexibility index (Phi) is 4.36. The Morgan fingerprint density at radius 2 is 1.89 bits per heavy atom. The Hall–Kier alpha value is -2.07. The Bertz CT molecular complexity index is 558. The first-order valence-electron chi connectivity index (χ1n) is 5.97. The Morgan fingerprint density at radius 1 is 1.11 bits per heavy atom. The summed E-state index contributed by atoms with van der Waals surface area (Å²) in [6, 6.07) is 12.0. The lowest BCUT2D eigenvalue weighted by atomic mass is 10.1. The van der Waals surface area contributed by atoms with Crippen molar-refractivity contribution in [3.05, 3.63) is 59.4 Å². The van der Waals surface area contributed by atoms with Gasteiger partial charge in [0.25, 0.3) is 0 Å². The molecule has 2 aromatic rings. The summed E-state index contributed by atoms with van der Waals surface area (Å²) in [6.45, 7) is 0.541. The third-order valence-electron chi connectivity index (χ3n) is 2.78. The SMILES string of the molecule is COc1cccc(OCc2cc(CN)ccc2F)c1. The lowest BCUT2D eigenvalue weighted by Crippen LogP contribution is -2.02. The monoisotopic (exact) mass is 261 g/mol. The molecule has 0 amide bonds. The van der Waals surface area contributed by atoms with E-state index >= 15 is 0 Å². The summed E-state index contributed by atoms with van der Waals surface area (Å²) < 4.78 is 24.3. The molecule has 0 fully saturated rings. The standard InChI is InChI=1S/C15H16FNO2/c1-18-13-3-2-4-14(8-13)19-10-12-7-11(9-17)5-6-15(12)16/h2-8H,9-10,17H2,1H3. The number of rotatable bonds is 5. The van der Waals surface area contributed by atoms with E-state index < -0.39 is 0 Å². The van der Waals surface area contributed by atoms with Crippen LogP contribution in [0.15, 0.2) is 42.5 Å². The highest BCUT2D eigenvalue weighted by Gasteiger charge is 2.05. The number of methoxy groups -OCH3 is 1. The van der Waals surface area contributed by atoms with Gasteiger partial charge in [0.05, 0.1) is 7.11 Å². The number of nitrogens with two attached hydrogens (primary N) is 1. The van der Waals surface area contributed by atoms with Crippen LogP contribution < -0.4 is 15.2 Å². The van der Waals surface area contributed by atoms with E-state index in [2.05, 4.69) is 0 Å². The van der Waals surface area contributed by atoms with Gasteiger partial charge in [0, 0.05) is 18.2 Å². The van der Waals surface area contributed by atoms with Crippen molar-refractivity contribution in [3.63, 3.8) is 0 Å². The van der Waals surface area contributed by atoms with Gasteiger partial charge in [-0.2, -0.15) is 0 Å². The van der Waals surface area contributed by atoms with Gasteiger partial charge in [-0.05, 0) is 29.8 Å². The summed E-state index contributed by atoms with van der Waals surface area (Å²) in [5.74, 6) is 1.05. The molecule has 2 rings (SSSR count). The molecule has 0 atom stereocenters. The highest BCUT2D eigenvalue weighted by molar-refractivity contribution is 5.33. The minimum atomic E-state index is -0.292. The van der Waals surface area contributed by atoms with Gasteiger partial charge < -0.3 is 15.2 Å². The normalized spacial score (nSPS) is 10.3. The summed E-state index contributed by atoms with van der Waals surface area (Å²) in [4.78, 5) is 0. The molecule has 0 aliphatic rings. The van der Waals surface area contributed by atoms with E-state index in [0.717, 1.165) is 5.56 Å². The van der Waals surface area contributed by atoms with Crippen LogP contribution in [0.1, 0.15) is 11.1 Å². The second-order valence-corrected chi connectivity index (χ2v) is 4.10. The van der Waals surface area contributed by atoms with Crippen LogP contribution in [0.3, 0.4) is 0 Å². The summed E-state index contributed by atoms with van der Waals surface area (Å²) in [5.41, 5.74) is 6.91. The summed E-state index contributed by atoms with van der Waals surface area (Å²) in [7, 11) is 1.59. The summed E-state index contributed by atoms with van der Waals surface area (Å²) >= 11 is 0. The zero-order valence-electron chi connectivity index (χ0n) is 10.7. The second-order valence-electron chi connectivity index (χ2n) is 4.10. The largest absolute Gasteiger partial charge is 0.497 e. The van der Waals surface area contributed by atoms with Crippen molar-refractivity contribution in [2.24, 2.45) is 5.73 Å². The number of ether oxygens (including phenoxy) is 2. The van der Waals surface area contributed by atoms with Gasteiger partial charge in [0.15, 0.2) is 0 Å². The van der Waals surface area contributed by atoms with E-state index in [0.29, 0.717) is 23.6 Å². The molecule has 4 heteroatoms. The molecule has 2 aromatic carbocycles. The van der Waals surface area contributed by atoms with Crippen molar-refractivity contribution in [1.29, 1.82) is 0 Å². The fourth-order valence-electron chi connectivity index (χ4n) is 1.72. The van der Waals surface area contributed by atoms with Crippen molar-refractivity contribution in [2.75, 3.05) is 7.11 Å². The van der Waals surface area contributed by atoms with Crippen LogP contribution in [0.5, 0.6) is 11.5 Å². The average Bonchev–Trinajstić information content (AvgIpc) is 2.46. The van der Waals surface area contributed by atoms with Crippen molar-refractivity contribution < 1.29 is 13.9 Å². The van der Waals surface area contributed by atoms with Crippen LogP contribution in [0, 0.1) is 5.82 Å². The van der Waals surface area contributed by atoms with Crippen molar-refractivity contribution in [3.8, 4) is 11.5 Å². The molecule has 0 unspecified atom stereocenters. The van der Waals surface area contributed by atoms with Gasteiger partial charge in [-0.1, -0.05) is 12.1 Å². The van der Waals surface area contributed by atoms with Crippen LogP contribution >= 0.6 is 0 Å². The first kappa shape index (κ1) is 13.4. The fourth-order valence-corrected chi connectivity index (χ4v) is 1.72. The Labute approximate surface area is 111 Å². The van der Waals surface area contributed by atoms with Gasteiger partial charge in [0.1, 0.15) is 23.9 Å². The zero-order valence-corrected chi connectivity index (χ0v) is 10.7. The maximum atomic E-state index is 13.6. The molecular weight excluding hydrogens is 245 g/mol. The third kappa shape index (κ3) is 3.45. The summed E-state index contributed by atoms with van der Waals surface area (Å²) in [5, 5.41) is 0. The molecule has 3 nitrogen and oxygen atoms in total. The molecule has 0 aliphatic carbocycles. The molecule has 0 spiro atoms. The van der Waals surface area contributed by atoms with Crippen molar-refractivity contribution in [2.45, 2.75) is 13.2 Å². The van der Waals surface area contributed by atoms with E-state index in [1.54, 1.807) is 31.4 Å². The zero-order chi connectivity index (χ0) is 13.7. The van der Waals surface area contributed by atoms with Gasteiger partial charge in [-0.15, -0.1) is 0 Å². The van der Waals surface area contributed by atoms with Gasteiger partial charge in [-0.25, -0.2) is 4.39 Å². The van der Waals surface area contributed by atoms with Gasteiger partial charge >= 0.3 is 0 Å². The first-order valence-corrected chi connectivity index (χ1v) is 5.97. The topological polar surface area (TPSA) is 44.5 Å². The summed E-state index contributed by atoms with van der Waals surface area (Å²) in [6.07, 6.45) is 0. The molecule has 0 radical (unpaired) electrons. The average molecular weight is 261 g/mol. The number of hydrogen-bond donors (Lipinski definition) is 1. The smallest absolute Gasteiger partial charge is 0.129 e. The van der Waals surface area contributed by atoms with Gasteiger partial charge in [0.2, 0.25) is 0 Å². The van der Waals surface area contributed by atoms with Gasteiger partial charge in [-0.3, -0.25) is 0 Å². The number of hydrogen-bond acceptors (Lipinski definition) is 3. The van der Waals surface area contributed by atoms with Crippen molar-refractivity contribution >= 4 is 0 Å². The van der Waals surface area contributed by atoms with Crippen LogP contribution in [-0.2, 0) is 13.2 Å². The van der Waals surface area contributed by atoms with Crippen LogP contribution in [0.2, 0.25) is 0 Å². The molecule has 0 saturated carbocycles. The van der Waals surface area contributed by atoms with Crippen LogP contribution in [0.4, 0.5) is 4.39 Å². The first-order chi connectivity index (χ1) is 9.22. The quantitative estimate of drug-likeness (QED) is 0.900. The second kappa shape index (κ2) is 6.20. The minimum Gasteiger partial charge on any atom is -0.497 e. The Balaban J connectivity index is 2.09.